The number of anilines is 1. The zero-order chi connectivity index (χ0) is 12.3. The largest absolute Gasteiger partial charge is 0.373 e. The van der Waals surface area contributed by atoms with E-state index in [4.69, 9.17) is 0 Å². The van der Waals surface area contributed by atoms with Crippen LogP contribution in [0.15, 0.2) is 24.7 Å². The summed E-state index contributed by atoms with van der Waals surface area (Å²) in [6.07, 6.45) is 4.33. The summed E-state index contributed by atoms with van der Waals surface area (Å²) in [6.45, 7) is 4.08. The molecule has 1 N–H and O–H groups in total. The maximum atomic E-state index is 4.37. The lowest BCUT2D eigenvalue weighted by Gasteiger charge is -2.10. The van der Waals surface area contributed by atoms with E-state index in [2.05, 4.69) is 27.2 Å². The van der Waals surface area contributed by atoms with Crippen molar-refractivity contribution in [3.8, 4) is 11.3 Å². The Kier molecular flexibility index (Phi) is 3.32. The maximum absolute atomic E-state index is 4.37. The predicted molar refractivity (Wildman–Crippen MR) is 68.9 cm³/mol. The van der Waals surface area contributed by atoms with Crippen molar-refractivity contribution in [2.45, 2.75) is 20.3 Å². The van der Waals surface area contributed by atoms with Crippen LogP contribution in [0.1, 0.15) is 18.2 Å². The number of rotatable bonds is 3. The van der Waals surface area contributed by atoms with E-state index in [1.54, 1.807) is 6.33 Å². The van der Waals surface area contributed by atoms with Crippen molar-refractivity contribution in [3.05, 3.63) is 35.9 Å². The average molecular weight is 228 g/mol. The van der Waals surface area contributed by atoms with Crippen LogP contribution in [-0.2, 0) is 6.42 Å². The smallest absolute Gasteiger partial charge is 0.132 e. The SMILES string of the molecule is CCc1c(NC)ncnc1-c1ccc(C)nc1. The number of nitrogens with zero attached hydrogens (tertiary/aromatic N) is 3. The van der Waals surface area contributed by atoms with Gasteiger partial charge in [-0.3, -0.25) is 4.98 Å². The molecule has 0 aromatic carbocycles. The van der Waals surface area contributed by atoms with Crippen LogP contribution in [0.25, 0.3) is 11.3 Å². The summed E-state index contributed by atoms with van der Waals surface area (Å²) >= 11 is 0. The third kappa shape index (κ3) is 2.25. The van der Waals surface area contributed by atoms with Gasteiger partial charge < -0.3 is 5.32 Å². The first-order valence-corrected chi connectivity index (χ1v) is 5.71. The molecule has 4 heteroatoms. The van der Waals surface area contributed by atoms with Crippen molar-refractivity contribution in [1.82, 2.24) is 15.0 Å². The molecule has 0 aliphatic rings. The molecular formula is C13H16N4. The Morgan fingerprint density at radius 3 is 2.59 bits per heavy atom. The third-order valence-corrected chi connectivity index (χ3v) is 2.72. The third-order valence-electron chi connectivity index (χ3n) is 2.72. The van der Waals surface area contributed by atoms with Crippen LogP contribution in [0.2, 0.25) is 0 Å². The van der Waals surface area contributed by atoms with Crippen LogP contribution in [-0.4, -0.2) is 22.0 Å². The van der Waals surface area contributed by atoms with E-state index in [1.807, 2.05) is 32.3 Å². The fraction of sp³-hybridized carbons (Fsp3) is 0.308. The van der Waals surface area contributed by atoms with E-state index in [1.165, 1.54) is 0 Å². The first-order valence-electron chi connectivity index (χ1n) is 5.71. The van der Waals surface area contributed by atoms with E-state index in [-0.39, 0.29) is 0 Å². The highest BCUT2D eigenvalue weighted by atomic mass is 15.0. The van der Waals surface area contributed by atoms with Crippen LogP contribution in [0, 0.1) is 6.92 Å². The molecule has 2 rings (SSSR count). The van der Waals surface area contributed by atoms with E-state index in [0.29, 0.717) is 0 Å². The summed E-state index contributed by atoms with van der Waals surface area (Å²) in [6, 6.07) is 4.04. The van der Waals surface area contributed by atoms with E-state index in [9.17, 15) is 0 Å². The second-order valence-corrected chi connectivity index (χ2v) is 3.84. The van der Waals surface area contributed by atoms with E-state index < -0.39 is 0 Å². The molecule has 0 saturated carbocycles. The minimum atomic E-state index is 0.887. The summed E-state index contributed by atoms with van der Waals surface area (Å²) in [5, 5.41) is 3.10. The van der Waals surface area contributed by atoms with Crippen molar-refractivity contribution in [3.63, 3.8) is 0 Å². The van der Waals surface area contributed by atoms with Crippen LogP contribution < -0.4 is 5.32 Å². The summed E-state index contributed by atoms with van der Waals surface area (Å²) in [5.41, 5.74) is 4.13. The quantitative estimate of drug-likeness (QED) is 0.876. The number of hydrogen-bond donors (Lipinski definition) is 1. The fourth-order valence-electron chi connectivity index (χ4n) is 1.82. The molecule has 0 bridgehead atoms. The molecule has 0 amide bonds. The summed E-state index contributed by atoms with van der Waals surface area (Å²) in [4.78, 5) is 12.9. The van der Waals surface area contributed by atoms with Gasteiger partial charge in [0.05, 0.1) is 5.69 Å². The molecule has 2 heterocycles. The van der Waals surface area contributed by atoms with Crippen molar-refractivity contribution >= 4 is 5.82 Å². The van der Waals surface area contributed by atoms with Crippen LogP contribution >= 0.6 is 0 Å². The van der Waals surface area contributed by atoms with Gasteiger partial charge in [-0.2, -0.15) is 0 Å². The monoisotopic (exact) mass is 228 g/mol. The molecular weight excluding hydrogens is 212 g/mol. The van der Waals surface area contributed by atoms with E-state index in [0.717, 1.165) is 34.8 Å². The molecule has 2 aromatic rings. The average Bonchev–Trinajstić information content (AvgIpc) is 2.38. The van der Waals surface area contributed by atoms with Crippen LogP contribution in [0.5, 0.6) is 0 Å². The first kappa shape index (κ1) is 11.5. The molecule has 0 atom stereocenters. The summed E-state index contributed by atoms with van der Waals surface area (Å²) in [7, 11) is 1.87. The molecule has 0 spiro atoms. The highest BCUT2D eigenvalue weighted by molar-refractivity contribution is 5.67. The zero-order valence-electron chi connectivity index (χ0n) is 10.4. The fourth-order valence-corrected chi connectivity index (χ4v) is 1.82. The Balaban J connectivity index is 2.54. The number of pyridine rings is 1. The molecule has 0 unspecified atom stereocenters. The molecule has 0 fully saturated rings. The number of aryl methyl sites for hydroxylation is 1. The van der Waals surface area contributed by atoms with Gasteiger partial charge in [0.25, 0.3) is 0 Å². The second-order valence-electron chi connectivity index (χ2n) is 3.84. The molecule has 88 valence electrons. The van der Waals surface area contributed by atoms with Gasteiger partial charge in [-0.25, -0.2) is 9.97 Å². The van der Waals surface area contributed by atoms with Gasteiger partial charge >= 0.3 is 0 Å². The number of aromatic nitrogens is 3. The van der Waals surface area contributed by atoms with E-state index >= 15 is 0 Å². The van der Waals surface area contributed by atoms with Crippen LogP contribution in [0.4, 0.5) is 5.82 Å². The number of hydrogen-bond acceptors (Lipinski definition) is 4. The lowest BCUT2D eigenvalue weighted by molar-refractivity contribution is 1.05. The van der Waals surface area contributed by atoms with Gasteiger partial charge in [0.1, 0.15) is 12.1 Å². The Labute approximate surface area is 101 Å². The standard InChI is InChI=1S/C13H16N4/c1-4-11-12(16-8-17-13(11)14-3)10-6-5-9(2)15-7-10/h5-8H,4H2,1-3H3,(H,14,16,17). The Hall–Kier alpha value is -1.97. The Bertz CT molecular complexity index is 505. The van der Waals surface area contributed by atoms with Gasteiger partial charge in [-0.15, -0.1) is 0 Å². The molecule has 2 aromatic heterocycles. The van der Waals surface area contributed by atoms with Gasteiger partial charge in [-0.1, -0.05) is 6.92 Å². The molecule has 0 radical (unpaired) electrons. The molecule has 0 aliphatic heterocycles. The first-order chi connectivity index (χ1) is 8.26. The van der Waals surface area contributed by atoms with Crippen molar-refractivity contribution in [2.75, 3.05) is 12.4 Å². The summed E-state index contributed by atoms with van der Waals surface area (Å²) < 4.78 is 0. The van der Waals surface area contributed by atoms with Crippen molar-refractivity contribution < 1.29 is 0 Å². The van der Waals surface area contributed by atoms with Crippen molar-refractivity contribution in [2.24, 2.45) is 0 Å². The van der Waals surface area contributed by atoms with Gasteiger partial charge in [0, 0.05) is 30.1 Å². The number of nitrogens with one attached hydrogen (secondary N) is 1. The maximum Gasteiger partial charge on any atom is 0.132 e. The van der Waals surface area contributed by atoms with Gasteiger partial charge in [-0.05, 0) is 25.5 Å². The minimum absolute atomic E-state index is 0.887. The lowest BCUT2D eigenvalue weighted by Crippen LogP contribution is -2.02. The zero-order valence-corrected chi connectivity index (χ0v) is 10.4. The topological polar surface area (TPSA) is 50.7 Å². The highest BCUT2D eigenvalue weighted by Crippen LogP contribution is 2.25. The van der Waals surface area contributed by atoms with Gasteiger partial charge in [0.2, 0.25) is 0 Å². The predicted octanol–water partition coefficient (Wildman–Crippen LogP) is 2.45. The molecule has 0 saturated heterocycles. The Morgan fingerprint density at radius 2 is 2.00 bits per heavy atom. The second kappa shape index (κ2) is 4.91. The molecule has 4 nitrogen and oxygen atoms in total. The normalized spacial score (nSPS) is 10.3. The minimum Gasteiger partial charge on any atom is -0.373 e. The van der Waals surface area contributed by atoms with Gasteiger partial charge in [0.15, 0.2) is 0 Å². The summed E-state index contributed by atoms with van der Waals surface area (Å²) in [5.74, 6) is 0.887. The highest BCUT2D eigenvalue weighted by Gasteiger charge is 2.10. The van der Waals surface area contributed by atoms with Crippen LogP contribution in [0.3, 0.4) is 0 Å². The lowest BCUT2D eigenvalue weighted by atomic mass is 10.1. The van der Waals surface area contributed by atoms with Crippen molar-refractivity contribution in [1.29, 1.82) is 0 Å². The molecule has 17 heavy (non-hydrogen) atoms. The molecule has 0 aliphatic carbocycles. The Morgan fingerprint density at radius 1 is 1.18 bits per heavy atom.